The van der Waals surface area contributed by atoms with Gasteiger partial charge in [-0.1, -0.05) is 121 Å². The summed E-state index contributed by atoms with van der Waals surface area (Å²) in [5, 5.41) is 11.5. The number of benzene rings is 6. The van der Waals surface area contributed by atoms with Gasteiger partial charge in [-0.05, 0) is 58.7 Å². The van der Waals surface area contributed by atoms with Crippen molar-refractivity contribution < 1.29 is 75.2 Å². The maximum absolute atomic E-state index is 16.3. The van der Waals surface area contributed by atoms with Crippen molar-refractivity contribution >= 4 is 119 Å². The van der Waals surface area contributed by atoms with Gasteiger partial charge in [-0.3, -0.25) is 33.6 Å². The molecule has 85 heavy (non-hydrogen) atoms. The van der Waals surface area contributed by atoms with Crippen molar-refractivity contribution in [2.45, 2.75) is 43.4 Å². The topological polar surface area (TPSA) is 177 Å². The minimum absolute atomic E-state index is 0.0249. The van der Waals surface area contributed by atoms with Crippen LogP contribution >= 0.6 is 34.0 Å². The van der Waals surface area contributed by atoms with Gasteiger partial charge in [0.2, 0.25) is 22.4 Å². The number of esters is 4. The summed E-state index contributed by atoms with van der Waals surface area (Å²) in [7, 11) is 0. The van der Waals surface area contributed by atoms with E-state index in [0.29, 0.717) is 39.1 Å². The van der Waals surface area contributed by atoms with E-state index in [0.717, 1.165) is 46.1 Å². The Balaban J connectivity index is 1.10. The van der Waals surface area contributed by atoms with Crippen LogP contribution in [0.4, 0.5) is 17.6 Å². The number of ether oxygens (including phenoxy) is 4. The highest BCUT2D eigenvalue weighted by Gasteiger charge is 2.72. The Kier molecular flexibility index (Phi) is 13.7. The lowest BCUT2D eigenvalue weighted by Gasteiger charge is -2.29. The second-order valence-electron chi connectivity index (χ2n) is 20.2. The van der Waals surface area contributed by atoms with Crippen molar-refractivity contribution in [1.82, 2.24) is 0 Å². The average Bonchev–Trinajstić information content (AvgIpc) is 1.49. The minimum Gasteiger partial charge on any atom is -0.459 e. The van der Waals surface area contributed by atoms with Crippen LogP contribution in [0.5, 0.6) is 0 Å². The molecule has 4 aliphatic rings. The number of hydrogen-bond donors (Lipinski definition) is 1. The number of Topliss-reactive ketones (excluding diaryl/α,β-unsaturated/α-hetero) is 3. The van der Waals surface area contributed by atoms with Crippen molar-refractivity contribution in [3.05, 3.63) is 256 Å². The highest BCUT2D eigenvalue weighted by atomic mass is 32.1. The van der Waals surface area contributed by atoms with Gasteiger partial charge in [-0.25, -0.2) is 17.6 Å². The zero-order valence-corrected chi connectivity index (χ0v) is 46.2. The van der Waals surface area contributed by atoms with Crippen molar-refractivity contribution in [1.29, 1.82) is 0 Å². The van der Waals surface area contributed by atoms with Crippen LogP contribution in [-0.4, -0.2) is 52.4 Å². The zero-order valence-electron chi connectivity index (χ0n) is 43.7. The molecule has 1 atom stereocenters. The zero-order chi connectivity index (χ0) is 59.1. The number of rotatable bonds is 14. The molecule has 420 valence electrons. The van der Waals surface area contributed by atoms with Gasteiger partial charge in [0.25, 0.3) is 0 Å². The van der Waals surface area contributed by atoms with Crippen LogP contribution < -0.4 is 0 Å². The molecule has 0 aliphatic heterocycles. The Morgan fingerprint density at radius 3 is 1.45 bits per heavy atom. The lowest BCUT2D eigenvalue weighted by Crippen LogP contribution is -2.45. The minimum atomic E-state index is -2.82. The quantitative estimate of drug-likeness (QED) is 0.0273. The van der Waals surface area contributed by atoms with Crippen LogP contribution in [0.25, 0.3) is 43.8 Å². The maximum atomic E-state index is 16.3. The second kappa shape index (κ2) is 21.3. The lowest BCUT2D eigenvalue weighted by molar-refractivity contribution is -0.165. The summed E-state index contributed by atoms with van der Waals surface area (Å²) in [6.45, 7) is -1.70. The Morgan fingerprint density at radius 2 is 0.941 bits per heavy atom. The first-order valence-corrected chi connectivity index (χ1v) is 28.6. The number of fused-ring (bicyclic) bond motifs is 8. The Bertz CT molecular complexity index is 4350. The van der Waals surface area contributed by atoms with Crippen molar-refractivity contribution in [3.63, 3.8) is 0 Å². The molecule has 3 heterocycles. The van der Waals surface area contributed by atoms with Gasteiger partial charge in [0.1, 0.15) is 55.8 Å². The highest BCUT2D eigenvalue weighted by Crippen LogP contribution is 2.69. The van der Waals surface area contributed by atoms with Crippen LogP contribution in [0.15, 0.2) is 158 Å². The molecular formula is C66H38F4O12S3. The van der Waals surface area contributed by atoms with Crippen molar-refractivity contribution in [2.75, 3.05) is 0 Å². The van der Waals surface area contributed by atoms with Gasteiger partial charge >= 0.3 is 23.9 Å². The van der Waals surface area contributed by atoms with Crippen LogP contribution in [-0.2, 0) is 80.2 Å². The standard InChI is InChI=1S/C66H38F4O12S3/c67-37-21-41-42(54(71)57(74)50(41)47(70)24-37)25-40-28-48-59(84-40)53-60(85-48)52-51(66(53,63(77)81-31-35-17-9-3-10-18-35)64(78)82-32-36-19-11-4-12-20-36)58-45(27-39(83-58)26-44-49-43(55(72)56(44)73)22-38(68)23-46(49)69)65(52,61(75)79-29-33-13-5-1-6-14-33)62(76)80-30-34-15-7-2-8-16-34/h1-28,56,73H,29-32H2/b42-25-,44-26-. The molecule has 3 aromatic heterocycles. The van der Waals surface area contributed by atoms with Crippen LogP contribution in [0.2, 0.25) is 0 Å². The average molecular weight is 1200 g/mol. The molecule has 4 aliphatic carbocycles. The van der Waals surface area contributed by atoms with Gasteiger partial charge in [0.05, 0.1) is 10.3 Å². The van der Waals surface area contributed by atoms with Gasteiger partial charge in [-0.2, -0.15) is 0 Å². The number of allylic oxidation sites excluding steroid dienone is 1. The molecule has 13 rings (SSSR count). The molecule has 0 spiro atoms. The third kappa shape index (κ3) is 8.83. The molecule has 0 fully saturated rings. The maximum Gasteiger partial charge on any atom is 0.333 e. The Hall–Kier alpha value is -9.53. The van der Waals surface area contributed by atoms with Gasteiger partial charge in [0, 0.05) is 86.5 Å². The summed E-state index contributed by atoms with van der Waals surface area (Å²) in [6.07, 6.45) is 0.465. The van der Waals surface area contributed by atoms with E-state index in [1.54, 1.807) is 127 Å². The summed E-state index contributed by atoms with van der Waals surface area (Å²) < 4.78 is 86.0. The van der Waals surface area contributed by atoms with Crippen LogP contribution in [0, 0.1) is 23.3 Å². The smallest absolute Gasteiger partial charge is 0.333 e. The predicted octanol–water partition coefficient (Wildman–Crippen LogP) is 12.4. The van der Waals surface area contributed by atoms with Crippen LogP contribution in [0.1, 0.15) is 84.7 Å². The fourth-order valence-electron chi connectivity index (χ4n) is 11.4. The van der Waals surface area contributed by atoms with E-state index >= 15 is 28.0 Å². The fraction of sp³-hybridized carbons (Fsp3) is 0.106. The highest BCUT2D eigenvalue weighted by molar-refractivity contribution is 7.29. The summed E-state index contributed by atoms with van der Waals surface area (Å²) >= 11 is 2.63. The van der Waals surface area contributed by atoms with E-state index in [9.17, 15) is 28.3 Å². The first-order valence-electron chi connectivity index (χ1n) is 26.1. The number of thiophene rings is 3. The number of halogens is 4. The summed E-state index contributed by atoms with van der Waals surface area (Å²) in [4.78, 5) is 105. The molecule has 0 saturated heterocycles. The molecular weight excluding hydrogens is 1160 g/mol. The van der Waals surface area contributed by atoms with Gasteiger partial charge in [0.15, 0.2) is 5.78 Å². The van der Waals surface area contributed by atoms with E-state index in [1.807, 2.05) is 0 Å². The van der Waals surface area contributed by atoms with Crippen molar-refractivity contribution in [2.24, 2.45) is 0 Å². The molecule has 12 nitrogen and oxygen atoms in total. The van der Waals surface area contributed by atoms with Gasteiger partial charge in [-0.15, -0.1) is 34.0 Å². The third-order valence-corrected chi connectivity index (χ3v) is 18.7. The molecule has 0 radical (unpaired) electrons. The number of ketones is 3. The lowest BCUT2D eigenvalue weighted by atomic mass is 9.76. The van der Waals surface area contributed by atoms with Crippen LogP contribution in [0.3, 0.4) is 0 Å². The van der Waals surface area contributed by atoms with E-state index in [4.69, 9.17) is 18.9 Å². The van der Waals surface area contributed by atoms with E-state index in [1.165, 1.54) is 18.2 Å². The normalized spacial score (nSPS) is 16.8. The van der Waals surface area contributed by atoms with E-state index in [2.05, 4.69) is 0 Å². The van der Waals surface area contributed by atoms with Crippen molar-refractivity contribution in [3.8, 4) is 0 Å². The first kappa shape index (κ1) is 54.7. The third-order valence-electron chi connectivity index (χ3n) is 15.2. The summed E-state index contributed by atoms with van der Waals surface area (Å²) in [5.41, 5.74) is -6.87. The molecule has 1 N–H and O–H groups in total. The number of carbonyl (C=O) groups is 7. The summed E-state index contributed by atoms with van der Waals surface area (Å²) in [6, 6.07) is 39.6. The molecule has 6 aromatic carbocycles. The number of aliphatic hydroxyl groups excluding tert-OH is 1. The predicted molar refractivity (Wildman–Crippen MR) is 307 cm³/mol. The number of carbonyl (C=O) groups excluding carboxylic acids is 7. The monoisotopic (exact) mass is 1190 g/mol. The molecule has 1 unspecified atom stereocenters. The Labute approximate surface area is 491 Å². The number of hydrogen-bond acceptors (Lipinski definition) is 15. The summed E-state index contributed by atoms with van der Waals surface area (Å²) in [5.74, 6) is -12.8. The first-order chi connectivity index (χ1) is 41.1. The fourth-order valence-corrected chi connectivity index (χ4v) is 15.5. The Morgan fingerprint density at radius 1 is 0.494 bits per heavy atom. The van der Waals surface area contributed by atoms with Gasteiger partial charge < -0.3 is 24.1 Å². The molecule has 0 bridgehead atoms. The second-order valence-corrected chi connectivity index (χ2v) is 23.5. The SMILES string of the molecule is O=C1C(=O)c2c(F)cc(F)cc2/C1=C/c1cc2sc3c(c2s1)C(C(=O)OCc1ccccc1)(C(=O)OCc1ccccc1)C1=C3C(C(=O)OCc2ccccc2)(C(=O)OCc2ccccc2)c2cc(/C=C3/c4c(F)cc(F)cc4C(=O)C3O)sc21. The number of aliphatic hydroxyl groups is 1. The largest absolute Gasteiger partial charge is 0.459 e. The van der Waals surface area contributed by atoms with E-state index in [-0.39, 0.29) is 63.2 Å². The molecule has 19 heteroatoms. The molecule has 0 saturated carbocycles. The van der Waals surface area contributed by atoms with E-state index < -0.39 is 125 Å². The molecule has 0 amide bonds. The molecule has 9 aromatic rings.